The zero-order valence-corrected chi connectivity index (χ0v) is 12.4. The Bertz CT molecular complexity index is 511. The topological polar surface area (TPSA) is 55.3 Å². The first-order chi connectivity index (χ1) is 8.76. The molecule has 2 heterocycles. The van der Waals surface area contributed by atoms with Crippen molar-refractivity contribution in [3.63, 3.8) is 0 Å². The van der Waals surface area contributed by atoms with Crippen molar-refractivity contribution in [1.29, 1.82) is 0 Å². The standard InChI is InChI=1S/C13H18ClN3O2/c1-8-9-5-6-17(12(18)19-13(2,3)4)7-10(9)16-11(14)15-8/h5-7H2,1-4H3. The van der Waals surface area contributed by atoms with Crippen molar-refractivity contribution < 1.29 is 9.53 Å². The van der Waals surface area contributed by atoms with E-state index in [0.717, 1.165) is 23.4 Å². The zero-order chi connectivity index (χ0) is 14.2. The third-order valence-corrected chi connectivity index (χ3v) is 3.07. The highest BCUT2D eigenvalue weighted by molar-refractivity contribution is 6.28. The predicted molar refractivity (Wildman–Crippen MR) is 72.1 cm³/mol. The number of carbonyl (C=O) groups is 1. The van der Waals surface area contributed by atoms with Gasteiger partial charge >= 0.3 is 6.09 Å². The Morgan fingerprint density at radius 2 is 2.05 bits per heavy atom. The van der Waals surface area contributed by atoms with Crippen LogP contribution in [0.25, 0.3) is 0 Å². The molecular formula is C13H18ClN3O2. The lowest BCUT2D eigenvalue weighted by Crippen LogP contribution is -2.40. The molecule has 0 spiro atoms. The number of hydrogen-bond acceptors (Lipinski definition) is 4. The van der Waals surface area contributed by atoms with E-state index in [1.807, 2.05) is 27.7 Å². The van der Waals surface area contributed by atoms with E-state index in [1.165, 1.54) is 0 Å². The van der Waals surface area contributed by atoms with Gasteiger partial charge in [-0.15, -0.1) is 0 Å². The van der Waals surface area contributed by atoms with Crippen LogP contribution in [-0.2, 0) is 17.7 Å². The van der Waals surface area contributed by atoms with Gasteiger partial charge in [0.05, 0.1) is 12.2 Å². The van der Waals surface area contributed by atoms with E-state index in [0.29, 0.717) is 13.1 Å². The van der Waals surface area contributed by atoms with E-state index in [-0.39, 0.29) is 11.4 Å². The molecule has 0 aliphatic carbocycles. The number of halogens is 1. The highest BCUT2D eigenvalue weighted by Crippen LogP contribution is 2.22. The van der Waals surface area contributed by atoms with Crippen LogP contribution >= 0.6 is 11.6 Å². The molecule has 0 unspecified atom stereocenters. The maximum absolute atomic E-state index is 12.0. The molecule has 0 atom stereocenters. The Morgan fingerprint density at radius 3 is 2.68 bits per heavy atom. The van der Waals surface area contributed by atoms with Crippen LogP contribution in [-0.4, -0.2) is 33.1 Å². The van der Waals surface area contributed by atoms with E-state index in [1.54, 1.807) is 4.90 Å². The van der Waals surface area contributed by atoms with Crippen LogP contribution in [0, 0.1) is 6.92 Å². The fourth-order valence-corrected chi connectivity index (χ4v) is 2.29. The molecule has 1 aliphatic rings. The van der Waals surface area contributed by atoms with Crippen molar-refractivity contribution in [3.8, 4) is 0 Å². The third kappa shape index (κ3) is 3.35. The summed E-state index contributed by atoms with van der Waals surface area (Å²) in [4.78, 5) is 22.0. The van der Waals surface area contributed by atoms with Crippen molar-refractivity contribution >= 4 is 17.7 Å². The fourth-order valence-electron chi connectivity index (χ4n) is 2.06. The van der Waals surface area contributed by atoms with Crippen LogP contribution in [0.15, 0.2) is 0 Å². The smallest absolute Gasteiger partial charge is 0.410 e. The number of ether oxygens (including phenoxy) is 1. The van der Waals surface area contributed by atoms with E-state index >= 15 is 0 Å². The SMILES string of the molecule is Cc1nc(Cl)nc2c1CCN(C(=O)OC(C)(C)C)C2. The number of hydrogen-bond donors (Lipinski definition) is 0. The first kappa shape index (κ1) is 14.1. The Kier molecular flexibility index (Phi) is 3.67. The first-order valence-corrected chi connectivity index (χ1v) is 6.64. The minimum atomic E-state index is -0.489. The summed E-state index contributed by atoms with van der Waals surface area (Å²) < 4.78 is 5.36. The second kappa shape index (κ2) is 4.96. The van der Waals surface area contributed by atoms with Crippen LogP contribution in [0.1, 0.15) is 37.7 Å². The average molecular weight is 284 g/mol. The lowest BCUT2D eigenvalue weighted by molar-refractivity contribution is 0.0220. The number of rotatable bonds is 0. The van der Waals surface area contributed by atoms with Crippen molar-refractivity contribution in [1.82, 2.24) is 14.9 Å². The van der Waals surface area contributed by atoms with Crippen molar-refractivity contribution in [3.05, 3.63) is 22.2 Å². The van der Waals surface area contributed by atoms with Gasteiger partial charge in [-0.05, 0) is 51.3 Å². The lowest BCUT2D eigenvalue weighted by Gasteiger charge is -2.31. The number of nitrogens with zero attached hydrogens (tertiary/aromatic N) is 3. The average Bonchev–Trinajstić information content (AvgIpc) is 2.25. The quantitative estimate of drug-likeness (QED) is 0.687. The monoisotopic (exact) mass is 283 g/mol. The van der Waals surface area contributed by atoms with Gasteiger partial charge in [0.1, 0.15) is 5.60 Å². The molecule has 0 N–H and O–H groups in total. The molecular weight excluding hydrogens is 266 g/mol. The van der Waals surface area contributed by atoms with E-state index in [4.69, 9.17) is 16.3 Å². The Labute approximate surface area is 117 Å². The minimum absolute atomic E-state index is 0.224. The molecule has 0 fully saturated rings. The van der Waals surface area contributed by atoms with Crippen LogP contribution in [0.4, 0.5) is 4.79 Å². The summed E-state index contributed by atoms with van der Waals surface area (Å²) in [6.07, 6.45) is 0.419. The normalized spacial score (nSPS) is 15.1. The molecule has 0 radical (unpaired) electrons. The summed E-state index contributed by atoms with van der Waals surface area (Å²) in [6, 6.07) is 0. The maximum Gasteiger partial charge on any atom is 0.410 e. The van der Waals surface area contributed by atoms with Crippen molar-refractivity contribution in [2.75, 3.05) is 6.54 Å². The fraction of sp³-hybridized carbons (Fsp3) is 0.615. The van der Waals surface area contributed by atoms with E-state index < -0.39 is 5.60 Å². The van der Waals surface area contributed by atoms with Gasteiger partial charge in [-0.3, -0.25) is 0 Å². The number of fused-ring (bicyclic) bond motifs is 1. The molecule has 1 amide bonds. The van der Waals surface area contributed by atoms with Crippen LogP contribution in [0.2, 0.25) is 5.28 Å². The minimum Gasteiger partial charge on any atom is -0.444 e. The summed E-state index contributed by atoms with van der Waals surface area (Å²) in [6.45, 7) is 8.51. The highest BCUT2D eigenvalue weighted by Gasteiger charge is 2.27. The van der Waals surface area contributed by atoms with Gasteiger partial charge < -0.3 is 9.64 Å². The van der Waals surface area contributed by atoms with Gasteiger partial charge in [0.25, 0.3) is 0 Å². The van der Waals surface area contributed by atoms with Crippen LogP contribution in [0.5, 0.6) is 0 Å². The molecule has 0 saturated heterocycles. The van der Waals surface area contributed by atoms with Gasteiger partial charge in [-0.1, -0.05) is 0 Å². The summed E-state index contributed by atoms with van der Waals surface area (Å²) in [5, 5.41) is 0.224. The van der Waals surface area contributed by atoms with Crippen LogP contribution < -0.4 is 0 Å². The molecule has 1 aromatic heterocycles. The Morgan fingerprint density at radius 1 is 1.37 bits per heavy atom. The summed E-state index contributed by atoms with van der Waals surface area (Å²) >= 11 is 5.86. The van der Waals surface area contributed by atoms with E-state index in [9.17, 15) is 4.79 Å². The predicted octanol–water partition coefficient (Wildman–Crippen LogP) is 2.73. The number of aromatic nitrogens is 2. The molecule has 0 bridgehead atoms. The first-order valence-electron chi connectivity index (χ1n) is 6.26. The van der Waals surface area contributed by atoms with Crippen molar-refractivity contribution in [2.45, 2.75) is 46.3 Å². The van der Waals surface area contributed by atoms with Gasteiger partial charge in [-0.25, -0.2) is 14.8 Å². The number of aryl methyl sites for hydroxylation is 1. The summed E-state index contributed by atoms with van der Waals surface area (Å²) in [5.74, 6) is 0. The molecule has 1 aromatic rings. The molecule has 0 aromatic carbocycles. The van der Waals surface area contributed by atoms with E-state index in [2.05, 4.69) is 9.97 Å². The molecule has 5 nitrogen and oxygen atoms in total. The Balaban J connectivity index is 2.16. The molecule has 1 aliphatic heterocycles. The van der Waals surface area contributed by atoms with Gasteiger partial charge in [-0.2, -0.15) is 0 Å². The zero-order valence-electron chi connectivity index (χ0n) is 11.7. The summed E-state index contributed by atoms with van der Waals surface area (Å²) in [5.41, 5.74) is 2.30. The molecule has 0 saturated carbocycles. The van der Waals surface area contributed by atoms with Gasteiger partial charge in [0.2, 0.25) is 5.28 Å². The Hall–Kier alpha value is -1.36. The molecule has 104 valence electrons. The number of carbonyl (C=O) groups excluding carboxylic acids is 1. The molecule has 6 heteroatoms. The second-order valence-electron chi connectivity index (χ2n) is 5.66. The third-order valence-electron chi connectivity index (χ3n) is 2.90. The number of amides is 1. The largest absolute Gasteiger partial charge is 0.444 e. The lowest BCUT2D eigenvalue weighted by atomic mass is 10.0. The van der Waals surface area contributed by atoms with Crippen molar-refractivity contribution in [2.24, 2.45) is 0 Å². The van der Waals surface area contributed by atoms with Gasteiger partial charge in [0, 0.05) is 12.2 Å². The summed E-state index contributed by atoms with van der Waals surface area (Å²) in [7, 11) is 0. The highest BCUT2D eigenvalue weighted by atomic mass is 35.5. The van der Waals surface area contributed by atoms with Crippen LogP contribution in [0.3, 0.4) is 0 Å². The molecule has 2 rings (SSSR count). The van der Waals surface area contributed by atoms with Gasteiger partial charge in [0.15, 0.2) is 0 Å². The maximum atomic E-state index is 12.0. The second-order valence-corrected chi connectivity index (χ2v) is 5.99. The molecule has 19 heavy (non-hydrogen) atoms.